The fourth-order valence-electron chi connectivity index (χ4n) is 2.29. The Balaban J connectivity index is 2.25. The second-order valence-corrected chi connectivity index (χ2v) is 7.97. The van der Waals surface area contributed by atoms with Crippen LogP contribution in [0.15, 0.2) is 22.7 Å². The van der Waals surface area contributed by atoms with E-state index in [1.165, 1.54) is 6.92 Å². The van der Waals surface area contributed by atoms with Crippen LogP contribution in [0.25, 0.3) is 0 Å². The molecule has 4 nitrogen and oxygen atoms in total. The molecule has 0 saturated carbocycles. The van der Waals surface area contributed by atoms with Crippen molar-refractivity contribution in [3.8, 4) is 0 Å². The standard InChI is InChI=1S/C13H16BrNO3S/c1-9(16)10-3-4-13(12(14)7-10)15(2)11-5-6-19(17,18)8-11/h3-4,7,11H,5-6,8H2,1-2H3. The number of hydrogen-bond donors (Lipinski definition) is 0. The molecule has 1 fully saturated rings. The van der Waals surface area contributed by atoms with E-state index in [0.717, 1.165) is 10.2 Å². The molecule has 104 valence electrons. The number of sulfone groups is 1. The number of rotatable bonds is 3. The molecule has 1 unspecified atom stereocenters. The van der Waals surface area contributed by atoms with Crippen molar-refractivity contribution in [2.75, 3.05) is 23.5 Å². The lowest BCUT2D eigenvalue weighted by Crippen LogP contribution is -2.32. The molecule has 0 spiro atoms. The zero-order valence-corrected chi connectivity index (χ0v) is 13.3. The Bertz CT molecular complexity index is 612. The second-order valence-electron chi connectivity index (χ2n) is 4.89. The lowest BCUT2D eigenvalue weighted by molar-refractivity contribution is 0.101. The third-order valence-corrected chi connectivity index (χ3v) is 5.88. The van der Waals surface area contributed by atoms with Gasteiger partial charge in [0, 0.05) is 23.1 Å². The maximum absolute atomic E-state index is 11.5. The molecule has 1 saturated heterocycles. The predicted molar refractivity (Wildman–Crippen MR) is 79.6 cm³/mol. The maximum atomic E-state index is 11.5. The first kappa shape index (κ1) is 14.5. The van der Waals surface area contributed by atoms with Crippen LogP contribution in [-0.2, 0) is 9.84 Å². The number of ketones is 1. The summed E-state index contributed by atoms with van der Waals surface area (Å²) in [4.78, 5) is 13.3. The summed E-state index contributed by atoms with van der Waals surface area (Å²) in [6.07, 6.45) is 0.653. The molecule has 0 aromatic heterocycles. The van der Waals surface area contributed by atoms with Crippen LogP contribution in [0.4, 0.5) is 5.69 Å². The average molecular weight is 346 g/mol. The van der Waals surface area contributed by atoms with Gasteiger partial charge in [0.1, 0.15) is 0 Å². The monoisotopic (exact) mass is 345 g/mol. The number of carbonyl (C=O) groups excluding carboxylic acids is 1. The highest BCUT2D eigenvalue weighted by Gasteiger charge is 2.31. The normalized spacial score (nSPS) is 21.3. The molecule has 1 aliphatic rings. The SMILES string of the molecule is CC(=O)c1ccc(N(C)C2CCS(=O)(=O)C2)c(Br)c1. The number of nitrogens with zero attached hydrogens (tertiary/aromatic N) is 1. The van der Waals surface area contributed by atoms with Crippen molar-refractivity contribution < 1.29 is 13.2 Å². The van der Waals surface area contributed by atoms with Crippen LogP contribution in [0.3, 0.4) is 0 Å². The summed E-state index contributed by atoms with van der Waals surface area (Å²) in [5, 5.41) is 0. The lowest BCUT2D eigenvalue weighted by Gasteiger charge is -2.26. The minimum Gasteiger partial charge on any atom is -0.370 e. The number of halogens is 1. The third-order valence-electron chi connectivity index (χ3n) is 3.49. The van der Waals surface area contributed by atoms with Gasteiger partial charge in [0.2, 0.25) is 0 Å². The van der Waals surface area contributed by atoms with E-state index in [-0.39, 0.29) is 23.3 Å². The van der Waals surface area contributed by atoms with E-state index < -0.39 is 9.84 Å². The fraction of sp³-hybridized carbons (Fsp3) is 0.462. The molecule has 1 heterocycles. The van der Waals surface area contributed by atoms with Crippen molar-refractivity contribution in [1.82, 2.24) is 0 Å². The first-order valence-corrected chi connectivity index (χ1v) is 8.65. The van der Waals surface area contributed by atoms with E-state index in [1.54, 1.807) is 12.1 Å². The summed E-state index contributed by atoms with van der Waals surface area (Å²) >= 11 is 3.45. The van der Waals surface area contributed by atoms with Crippen molar-refractivity contribution in [1.29, 1.82) is 0 Å². The molecule has 0 aliphatic carbocycles. The van der Waals surface area contributed by atoms with Gasteiger partial charge in [-0.25, -0.2) is 8.42 Å². The van der Waals surface area contributed by atoms with E-state index in [9.17, 15) is 13.2 Å². The van der Waals surface area contributed by atoms with E-state index in [0.29, 0.717) is 12.0 Å². The maximum Gasteiger partial charge on any atom is 0.159 e. The van der Waals surface area contributed by atoms with Crippen molar-refractivity contribution in [2.24, 2.45) is 0 Å². The number of hydrogen-bond acceptors (Lipinski definition) is 4. The van der Waals surface area contributed by atoms with Crippen LogP contribution in [0.2, 0.25) is 0 Å². The van der Waals surface area contributed by atoms with Gasteiger partial charge in [-0.3, -0.25) is 4.79 Å². The summed E-state index contributed by atoms with van der Waals surface area (Å²) in [5.74, 6) is 0.466. The number of Topliss-reactive ketones (excluding diaryl/α,β-unsaturated/α-hetero) is 1. The van der Waals surface area contributed by atoms with Crippen LogP contribution in [-0.4, -0.2) is 38.8 Å². The van der Waals surface area contributed by atoms with Gasteiger partial charge in [-0.05, 0) is 47.5 Å². The molecule has 19 heavy (non-hydrogen) atoms. The third kappa shape index (κ3) is 3.17. The van der Waals surface area contributed by atoms with Crippen molar-refractivity contribution in [3.63, 3.8) is 0 Å². The summed E-state index contributed by atoms with van der Waals surface area (Å²) in [6.45, 7) is 1.52. The van der Waals surface area contributed by atoms with E-state index in [4.69, 9.17) is 0 Å². The Morgan fingerprint density at radius 1 is 1.42 bits per heavy atom. The van der Waals surface area contributed by atoms with Gasteiger partial charge < -0.3 is 4.90 Å². The van der Waals surface area contributed by atoms with Crippen molar-refractivity contribution >= 4 is 37.2 Å². The highest BCUT2D eigenvalue weighted by Crippen LogP contribution is 2.30. The highest BCUT2D eigenvalue weighted by atomic mass is 79.9. The topological polar surface area (TPSA) is 54.5 Å². The minimum absolute atomic E-state index is 0.00415. The van der Waals surface area contributed by atoms with Gasteiger partial charge in [0.15, 0.2) is 15.6 Å². The highest BCUT2D eigenvalue weighted by molar-refractivity contribution is 9.10. The molecule has 2 rings (SSSR count). The molecular formula is C13H16BrNO3S. The fourth-order valence-corrected chi connectivity index (χ4v) is 4.72. The van der Waals surface area contributed by atoms with Crippen molar-refractivity contribution in [2.45, 2.75) is 19.4 Å². The zero-order valence-electron chi connectivity index (χ0n) is 10.9. The average Bonchev–Trinajstić information content (AvgIpc) is 2.68. The smallest absolute Gasteiger partial charge is 0.159 e. The van der Waals surface area contributed by atoms with Gasteiger partial charge in [0.05, 0.1) is 17.2 Å². The Labute approximate surface area is 121 Å². The van der Waals surface area contributed by atoms with E-state index in [2.05, 4.69) is 15.9 Å². The van der Waals surface area contributed by atoms with E-state index in [1.807, 2.05) is 18.0 Å². The van der Waals surface area contributed by atoms with Crippen LogP contribution >= 0.6 is 15.9 Å². The van der Waals surface area contributed by atoms with Crippen molar-refractivity contribution in [3.05, 3.63) is 28.2 Å². The summed E-state index contributed by atoms with van der Waals surface area (Å²) in [6, 6.07) is 5.40. The zero-order chi connectivity index (χ0) is 14.2. The Hall–Kier alpha value is -0.880. The molecule has 6 heteroatoms. The molecule has 1 aromatic carbocycles. The number of benzene rings is 1. The quantitative estimate of drug-likeness (QED) is 0.788. The molecule has 1 aromatic rings. The molecular weight excluding hydrogens is 330 g/mol. The molecule has 1 atom stereocenters. The van der Waals surface area contributed by atoms with Gasteiger partial charge in [-0.1, -0.05) is 0 Å². The second kappa shape index (κ2) is 5.25. The van der Waals surface area contributed by atoms with Gasteiger partial charge in [-0.15, -0.1) is 0 Å². The summed E-state index contributed by atoms with van der Waals surface area (Å²) in [5.41, 5.74) is 1.55. The Morgan fingerprint density at radius 2 is 2.11 bits per heavy atom. The Kier molecular flexibility index (Phi) is 4.01. The van der Waals surface area contributed by atoms with Crippen LogP contribution in [0.5, 0.6) is 0 Å². The molecule has 0 N–H and O–H groups in total. The molecule has 0 bridgehead atoms. The lowest BCUT2D eigenvalue weighted by atomic mass is 10.1. The van der Waals surface area contributed by atoms with Crippen LogP contribution in [0, 0.1) is 0 Å². The first-order valence-electron chi connectivity index (χ1n) is 6.04. The molecule has 0 radical (unpaired) electrons. The number of carbonyl (C=O) groups is 1. The molecule has 1 aliphatic heterocycles. The van der Waals surface area contributed by atoms with Crippen LogP contribution < -0.4 is 4.90 Å². The predicted octanol–water partition coefficient (Wildman–Crippen LogP) is 2.28. The Morgan fingerprint density at radius 3 is 2.58 bits per heavy atom. The molecule has 0 amide bonds. The number of anilines is 1. The largest absolute Gasteiger partial charge is 0.370 e. The summed E-state index contributed by atoms with van der Waals surface area (Å²) < 4.78 is 23.9. The summed E-state index contributed by atoms with van der Waals surface area (Å²) in [7, 11) is -1.01. The van der Waals surface area contributed by atoms with Gasteiger partial charge >= 0.3 is 0 Å². The van der Waals surface area contributed by atoms with E-state index >= 15 is 0 Å². The minimum atomic E-state index is -2.89. The van der Waals surface area contributed by atoms with Gasteiger partial charge in [0.25, 0.3) is 0 Å². The van der Waals surface area contributed by atoms with Gasteiger partial charge in [-0.2, -0.15) is 0 Å². The first-order chi connectivity index (χ1) is 8.80. The van der Waals surface area contributed by atoms with Crippen LogP contribution in [0.1, 0.15) is 23.7 Å².